The van der Waals surface area contributed by atoms with Gasteiger partial charge in [-0.3, -0.25) is 34.7 Å². The van der Waals surface area contributed by atoms with Gasteiger partial charge in [0.2, 0.25) is 11.8 Å². The number of aliphatic hydroxyl groups is 1. The third-order valence-electron chi connectivity index (χ3n) is 8.81. The van der Waals surface area contributed by atoms with Crippen molar-refractivity contribution in [2.75, 3.05) is 20.6 Å². The van der Waals surface area contributed by atoms with Gasteiger partial charge in [-0.1, -0.05) is 6.92 Å². The minimum absolute atomic E-state index is 0.0290. The van der Waals surface area contributed by atoms with Gasteiger partial charge in [0.1, 0.15) is 11.7 Å². The molecule has 2 fully saturated rings. The monoisotopic (exact) mass is 725 g/mol. The van der Waals surface area contributed by atoms with E-state index in [0.29, 0.717) is 4.91 Å². The van der Waals surface area contributed by atoms with Gasteiger partial charge in [0.05, 0.1) is 39.0 Å². The number of benzene rings is 2. The summed E-state index contributed by atoms with van der Waals surface area (Å²) in [6, 6.07) is 6.93. The van der Waals surface area contributed by atoms with Gasteiger partial charge in [-0.2, -0.15) is 0 Å². The highest BCUT2D eigenvalue weighted by Crippen LogP contribution is 2.52. The predicted octanol–water partition coefficient (Wildman–Crippen LogP) is 2.50. The molecule has 2 aromatic carbocycles. The van der Waals surface area contributed by atoms with Crippen molar-refractivity contribution in [2.24, 2.45) is 11.8 Å². The molecule has 3 unspecified atom stereocenters. The molecule has 3 heterocycles. The zero-order chi connectivity index (χ0) is 37.5. The highest BCUT2D eigenvalue weighted by Gasteiger charge is 2.61. The van der Waals surface area contributed by atoms with Crippen molar-refractivity contribution in [2.45, 2.75) is 43.7 Å². The molecular formula is C32H31N5O13S. The number of hydrogen-bond acceptors (Lipinski definition) is 14. The fourth-order valence-electron chi connectivity index (χ4n) is 6.29. The molecule has 0 saturated carbocycles. The first kappa shape index (κ1) is 36.6. The Morgan fingerprint density at radius 1 is 0.902 bits per heavy atom. The quantitative estimate of drug-likeness (QED) is 0.129. The molecule has 5 rings (SSSR count). The van der Waals surface area contributed by atoms with Crippen molar-refractivity contribution in [3.63, 3.8) is 0 Å². The maximum absolute atomic E-state index is 13.6. The summed E-state index contributed by atoms with van der Waals surface area (Å²) in [5.74, 6) is -5.92. The number of carbonyl (C=O) groups excluding carboxylic acids is 6. The van der Waals surface area contributed by atoms with E-state index in [-0.39, 0.29) is 41.2 Å². The number of carbonyl (C=O) groups is 6. The third-order valence-corrected chi connectivity index (χ3v) is 10.3. The van der Waals surface area contributed by atoms with Crippen LogP contribution in [0, 0.1) is 32.1 Å². The Kier molecular flexibility index (Phi) is 10.2. The van der Waals surface area contributed by atoms with Crippen LogP contribution in [0.4, 0.5) is 16.2 Å². The van der Waals surface area contributed by atoms with Crippen LogP contribution in [0.1, 0.15) is 41.0 Å². The number of rotatable bonds is 9. The summed E-state index contributed by atoms with van der Waals surface area (Å²) in [7, 11) is 2.94. The number of likely N-dealkylation sites (tertiary alicyclic amines) is 1. The van der Waals surface area contributed by atoms with Crippen LogP contribution in [-0.2, 0) is 23.9 Å². The highest BCUT2D eigenvalue weighted by molar-refractivity contribution is 8.03. The van der Waals surface area contributed by atoms with Gasteiger partial charge in [-0.05, 0) is 37.6 Å². The fraction of sp³-hybridized carbons (Fsp3) is 0.375. The van der Waals surface area contributed by atoms with E-state index in [2.05, 4.69) is 0 Å². The zero-order valence-corrected chi connectivity index (χ0v) is 28.3. The van der Waals surface area contributed by atoms with Gasteiger partial charge in [-0.15, -0.1) is 11.8 Å². The molecule has 3 aliphatic heterocycles. The van der Waals surface area contributed by atoms with E-state index in [0.717, 1.165) is 70.1 Å². The maximum atomic E-state index is 13.6. The Labute approximate surface area is 293 Å². The molecule has 0 aromatic heterocycles. The van der Waals surface area contributed by atoms with Crippen LogP contribution in [-0.4, -0.2) is 110 Å². The Morgan fingerprint density at radius 2 is 1.41 bits per heavy atom. The molecule has 3 amide bonds. The number of fused-ring (bicyclic) bond motifs is 1. The molecule has 3 aliphatic rings. The number of nitrogens with zero attached hydrogens (tertiary/aromatic N) is 5. The molecule has 51 heavy (non-hydrogen) atoms. The number of aliphatic hydroxyl groups excluding tert-OH is 1. The van der Waals surface area contributed by atoms with Crippen molar-refractivity contribution in [3.05, 3.63) is 90.5 Å². The van der Waals surface area contributed by atoms with Crippen LogP contribution in [0.3, 0.4) is 0 Å². The summed E-state index contributed by atoms with van der Waals surface area (Å²) in [6.07, 6.45) is -2.20. The van der Waals surface area contributed by atoms with E-state index in [9.17, 15) is 54.1 Å². The number of thioether (sulfide) groups is 1. The summed E-state index contributed by atoms with van der Waals surface area (Å²) in [5.41, 5.74) is -1.14. The molecule has 0 bridgehead atoms. The summed E-state index contributed by atoms with van der Waals surface area (Å²) < 4.78 is 10.2. The molecule has 18 nitrogen and oxygen atoms in total. The predicted molar refractivity (Wildman–Crippen MR) is 175 cm³/mol. The minimum atomic E-state index is -1.18. The van der Waals surface area contributed by atoms with Gasteiger partial charge in [-0.25, -0.2) is 19.2 Å². The lowest BCUT2D eigenvalue weighted by atomic mass is 9.79. The van der Waals surface area contributed by atoms with Crippen LogP contribution in [0.2, 0.25) is 0 Å². The second kappa shape index (κ2) is 14.3. The fourth-order valence-corrected chi connectivity index (χ4v) is 7.81. The Bertz CT molecular complexity index is 1860. The molecule has 268 valence electrons. The van der Waals surface area contributed by atoms with Gasteiger partial charge < -0.3 is 24.4 Å². The average molecular weight is 726 g/mol. The summed E-state index contributed by atoms with van der Waals surface area (Å²) in [4.78, 5) is 103. The number of nitro groups is 2. The van der Waals surface area contributed by atoms with Crippen molar-refractivity contribution in [3.8, 4) is 0 Å². The number of likely N-dealkylation sites (N-methyl/N-ethyl adjacent to an activating group) is 1. The molecule has 19 heteroatoms. The van der Waals surface area contributed by atoms with Gasteiger partial charge >= 0.3 is 24.0 Å². The summed E-state index contributed by atoms with van der Waals surface area (Å²) >= 11 is 1.07. The first-order valence-corrected chi connectivity index (χ1v) is 16.3. The van der Waals surface area contributed by atoms with E-state index in [1.54, 1.807) is 6.92 Å². The van der Waals surface area contributed by atoms with Gasteiger partial charge in [0, 0.05) is 61.0 Å². The second-order valence-electron chi connectivity index (χ2n) is 12.3. The third kappa shape index (κ3) is 7.02. The average Bonchev–Trinajstić information content (AvgIpc) is 3.61. The van der Waals surface area contributed by atoms with Crippen LogP contribution >= 0.6 is 11.8 Å². The number of nitro benzene ring substituents is 2. The van der Waals surface area contributed by atoms with Gasteiger partial charge in [0.15, 0.2) is 0 Å². The molecule has 0 aliphatic carbocycles. The van der Waals surface area contributed by atoms with Crippen molar-refractivity contribution >= 4 is 59.0 Å². The topological polar surface area (TPSA) is 237 Å². The minimum Gasteiger partial charge on any atom is -0.393 e. The number of esters is 3. The number of hydrogen-bond donors (Lipinski definition) is 1. The number of ether oxygens (including phenoxy) is 2. The SMILES string of the molecule is C[C@@H](O)C1C(=O)N2C(C(=O)OC(=O)c3ccc([N+](=O)[O-])cc3)=C(S[C@H]3CC(C(=O)N(C)C)N(C(=O)OC(=O)c4ccc([N+](=O)[O-])cc4)C3)[C@H](C)C12. The van der Waals surface area contributed by atoms with E-state index < -0.39 is 80.9 Å². The summed E-state index contributed by atoms with van der Waals surface area (Å²) in [6.45, 7) is 3.00. The molecule has 0 radical (unpaired) electrons. The largest absolute Gasteiger partial charge is 0.418 e. The van der Waals surface area contributed by atoms with E-state index >= 15 is 0 Å². The normalized spacial score (nSPS) is 22.8. The Hall–Kier alpha value is -5.69. The Morgan fingerprint density at radius 3 is 1.88 bits per heavy atom. The van der Waals surface area contributed by atoms with Crippen LogP contribution < -0.4 is 0 Å². The molecular weight excluding hydrogens is 694 g/mol. The first-order chi connectivity index (χ1) is 24.0. The molecule has 0 spiro atoms. The lowest BCUT2D eigenvalue weighted by Gasteiger charge is -2.46. The van der Waals surface area contributed by atoms with Crippen LogP contribution in [0.5, 0.6) is 0 Å². The first-order valence-electron chi connectivity index (χ1n) is 15.4. The standard InChI is InChI=1S/C32H31N5O13S/c1-15-24-23(16(2)38)28(40)35(24)25(31(43)49-29(41)17-5-9-19(10-6-17)36(45)46)26(15)51-21-13-22(27(39)33(3)4)34(14-21)32(44)50-30(42)18-7-11-20(12-8-18)37(47)48/h5-12,15-16,21-24,38H,13-14H2,1-4H3/t15-,16-,21+,22?,23?,24?/m1/s1. The van der Waals surface area contributed by atoms with E-state index in [1.807, 2.05) is 0 Å². The van der Waals surface area contributed by atoms with E-state index in [4.69, 9.17) is 9.47 Å². The van der Waals surface area contributed by atoms with Crippen molar-refractivity contribution in [1.82, 2.24) is 14.7 Å². The Balaban J connectivity index is 1.40. The number of amides is 3. The smallest absolute Gasteiger partial charge is 0.393 e. The molecule has 6 atom stereocenters. The lowest BCUT2D eigenvalue weighted by Crippen LogP contribution is -2.63. The summed E-state index contributed by atoms with van der Waals surface area (Å²) in [5, 5.41) is 31.7. The molecule has 1 N–H and O–H groups in total. The van der Waals surface area contributed by atoms with Crippen molar-refractivity contribution in [1.29, 1.82) is 0 Å². The van der Waals surface area contributed by atoms with Crippen LogP contribution in [0.25, 0.3) is 0 Å². The number of non-ortho nitro benzene ring substituents is 2. The highest BCUT2D eigenvalue weighted by atomic mass is 32.2. The van der Waals surface area contributed by atoms with Crippen molar-refractivity contribution < 1.29 is 53.2 Å². The van der Waals surface area contributed by atoms with Crippen LogP contribution in [0.15, 0.2) is 59.1 Å². The lowest BCUT2D eigenvalue weighted by molar-refractivity contribution is -0.385. The number of β-lactam (4-membered cyclic amide) rings is 1. The van der Waals surface area contributed by atoms with Gasteiger partial charge in [0.25, 0.3) is 11.4 Å². The molecule has 2 aromatic rings. The zero-order valence-electron chi connectivity index (χ0n) is 27.5. The van der Waals surface area contributed by atoms with E-state index in [1.165, 1.54) is 25.9 Å². The maximum Gasteiger partial charge on any atom is 0.418 e. The molecule has 2 saturated heterocycles. The second-order valence-corrected chi connectivity index (χ2v) is 13.6.